The normalized spacial score (nSPS) is 22.8. The first-order chi connectivity index (χ1) is 10.1. The summed E-state index contributed by atoms with van der Waals surface area (Å²) in [5.74, 6) is 0.248. The van der Waals surface area contributed by atoms with Crippen molar-refractivity contribution in [2.45, 2.75) is 30.6 Å². The third-order valence-electron chi connectivity index (χ3n) is 4.04. The maximum atomic E-state index is 12.2. The highest BCUT2D eigenvalue weighted by Gasteiger charge is 2.34. The summed E-state index contributed by atoms with van der Waals surface area (Å²) in [6, 6.07) is 9.19. The molecule has 2 heterocycles. The fraction of sp³-hybridized carbons (Fsp3) is 0.400. The second-order valence-corrected chi connectivity index (χ2v) is 7.82. The molecule has 2 N–H and O–H groups in total. The van der Waals surface area contributed by atoms with Crippen LogP contribution in [0, 0.1) is 0 Å². The van der Waals surface area contributed by atoms with Gasteiger partial charge < -0.3 is 5.73 Å². The van der Waals surface area contributed by atoms with E-state index >= 15 is 0 Å². The van der Waals surface area contributed by atoms with Crippen LogP contribution < -0.4 is 5.73 Å². The van der Waals surface area contributed by atoms with Crippen LogP contribution in [0.25, 0.3) is 5.69 Å². The Balaban J connectivity index is 1.86. The van der Waals surface area contributed by atoms with E-state index in [0.717, 1.165) is 24.1 Å². The molecule has 1 saturated heterocycles. The first-order valence-electron chi connectivity index (χ1n) is 7.15. The van der Waals surface area contributed by atoms with Gasteiger partial charge in [-0.1, -0.05) is 24.6 Å². The molecule has 0 amide bonds. The summed E-state index contributed by atoms with van der Waals surface area (Å²) in [5.41, 5.74) is 7.91. The highest BCUT2D eigenvalue weighted by atomic mass is 32.2. The number of hydrogen-bond donors (Lipinski definition) is 1. The quantitative estimate of drug-likeness (QED) is 0.938. The number of sulfone groups is 1. The van der Waals surface area contributed by atoms with Crippen molar-refractivity contribution in [3.05, 3.63) is 48.3 Å². The van der Waals surface area contributed by atoms with Gasteiger partial charge in [0.2, 0.25) is 0 Å². The van der Waals surface area contributed by atoms with Gasteiger partial charge >= 0.3 is 0 Å². The zero-order chi connectivity index (χ0) is 14.9. The van der Waals surface area contributed by atoms with Gasteiger partial charge in [-0.3, -0.25) is 0 Å². The Labute approximate surface area is 124 Å². The van der Waals surface area contributed by atoms with Crippen molar-refractivity contribution in [3.8, 4) is 5.69 Å². The van der Waals surface area contributed by atoms with Crippen molar-refractivity contribution in [2.24, 2.45) is 5.73 Å². The van der Waals surface area contributed by atoms with E-state index in [1.54, 1.807) is 10.9 Å². The Bertz CT molecular complexity index is 710. The van der Waals surface area contributed by atoms with Gasteiger partial charge in [0, 0.05) is 17.8 Å². The minimum absolute atomic E-state index is 0.248. The van der Waals surface area contributed by atoms with Gasteiger partial charge in [0.1, 0.15) is 0 Å². The first kappa shape index (κ1) is 14.3. The lowest BCUT2D eigenvalue weighted by molar-refractivity contribution is 0.504. The fourth-order valence-electron chi connectivity index (χ4n) is 2.83. The maximum absolute atomic E-state index is 12.2. The molecule has 0 bridgehead atoms. The van der Waals surface area contributed by atoms with E-state index in [9.17, 15) is 8.42 Å². The number of hydrogen-bond acceptors (Lipinski definition) is 4. The molecule has 112 valence electrons. The minimum Gasteiger partial charge on any atom is -0.323 e. The Morgan fingerprint density at radius 1 is 1.24 bits per heavy atom. The molecular formula is C15H19N3O2S. The average Bonchev–Trinajstić information content (AvgIpc) is 2.97. The van der Waals surface area contributed by atoms with Crippen LogP contribution in [0.1, 0.15) is 30.9 Å². The van der Waals surface area contributed by atoms with Crippen LogP contribution in [-0.4, -0.2) is 29.2 Å². The highest BCUT2D eigenvalue weighted by Crippen LogP contribution is 2.29. The van der Waals surface area contributed by atoms with Crippen LogP contribution in [0.5, 0.6) is 0 Å². The molecule has 5 nitrogen and oxygen atoms in total. The average molecular weight is 305 g/mol. The van der Waals surface area contributed by atoms with Crippen molar-refractivity contribution in [3.63, 3.8) is 0 Å². The van der Waals surface area contributed by atoms with Crippen molar-refractivity contribution in [1.82, 2.24) is 9.78 Å². The van der Waals surface area contributed by atoms with Gasteiger partial charge in [-0.05, 0) is 25.0 Å². The largest absolute Gasteiger partial charge is 0.323 e. The second-order valence-electron chi connectivity index (χ2n) is 5.48. The Hall–Kier alpha value is -1.66. The van der Waals surface area contributed by atoms with E-state index in [4.69, 9.17) is 5.73 Å². The third-order valence-corrected chi connectivity index (χ3v) is 6.35. The molecule has 0 saturated carbocycles. The predicted molar refractivity (Wildman–Crippen MR) is 81.9 cm³/mol. The molecule has 0 radical (unpaired) electrons. The van der Waals surface area contributed by atoms with Crippen LogP contribution in [0.2, 0.25) is 0 Å². The summed E-state index contributed by atoms with van der Waals surface area (Å²) in [6.45, 7) is 0. The lowest BCUT2D eigenvalue weighted by Gasteiger charge is -2.26. The molecule has 6 heteroatoms. The molecule has 0 spiro atoms. The van der Waals surface area contributed by atoms with Crippen LogP contribution in [0.3, 0.4) is 0 Å². The van der Waals surface area contributed by atoms with Gasteiger partial charge in [-0.25, -0.2) is 13.1 Å². The number of nitrogens with two attached hydrogens (primary N) is 1. The van der Waals surface area contributed by atoms with E-state index in [2.05, 4.69) is 5.10 Å². The smallest absolute Gasteiger partial charge is 0.155 e. The van der Waals surface area contributed by atoms with Crippen LogP contribution in [0.4, 0.5) is 0 Å². The molecule has 1 aromatic heterocycles. The van der Waals surface area contributed by atoms with Crippen LogP contribution in [-0.2, 0) is 9.84 Å². The van der Waals surface area contributed by atoms with Crippen molar-refractivity contribution < 1.29 is 8.42 Å². The molecular weight excluding hydrogens is 286 g/mol. The number of rotatable bonds is 3. The van der Waals surface area contributed by atoms with E-state index in [1.807, 2.05) is 36.5 Å². The summed E-state index contributed by atoms with van der Waals surface area (Å²) in [6.07, 6.45) is 5.80. The van der Waals surface area contributed by atoms with Gasteiger partial charge in [0.05, 0.1) is 22.9 Å². The Morgan fingerprint density at radius 2 is 2.00 bits per heavy atom. The molecule has 21 heavy (non-hydrogen) atoms. The molecule has 1 aliphatic rings. The number of benzene rings is 1. The summed E-state index contributed by atoms with van der Waals surface area (Å²) >= 11 is 0. The van der Waals surface area contributed by atoms with Crippen molar-refractivity contribution in [1.29, 1.82) is 0 Å². The van der Waals surface area contributed by atoms with E-state index in [-0.39, 0.29) is 5.75 Å². The monoisotopic (exact) mass is 305 g/mol. The van der Waals surface area contributed by atoms with Crippen molar-refractivity contribution in [2.75, 3.05) is 5.75 Å². The van der Waals surface area contributed by atoms with Gasteiger partial charge in [0.15, 0.2) is 9.84 Å². The SMILES string of the molecule is NC(c1cnn(-c2ccccc2)c1)C1CCCCS1(=O)=O. The van der Waals surface area contributed by atoms with E-state index in [1.165, 1.54) is 0 Å². The zero-order valence-electron chi connectivity index (χ0n) is 11.7. The molecule has 0 aliphatic carbocycles. The number of nitrogens with zero attached hydrogens (tertiary/aromatic N) is 2. The van der Waals surface area contributed by atoms with Gasteiger partial charge in [-0.2, -0.15) is 5.10 Å². The molecule has 1 aliphatic heterocycles. The van der Waals surface area contributed by atoms with Gasteiger partial charge in [0.25, 0.3) is 0 Å². The van der Waals surface area contributed by atoms with E-state index < -0.39 is 21.1 Å². The Kier molecular flexibility index (Phi) is 3.82. The fourth-order valence-corrected chi connectivity index (χ4v) is 4.87. The minimum atomic E-state index is -3.09. The van der Waals surface area contributed by atoms with E-state index in [0.29, 0.717) is 6.42 Å². The molecule has 1 fully saturated rings. The molecule has 2 atom stereocenters. The summed E-state index contributed by atoms with van der Waals surface area (Å²) < 4.78 is 26.1. The molecule has 1 aromatic carbocycles. The topological polar surface area (TPSA) is 78.0 Å². The lowest BCUT2D eigenvalue weighted by atomic mass is 10.0. The van der Waals surface area contributed by atoms with Crippen LogP contribution >= 0.6 is 0 Å². The molecule has 3 rings (SSSR count). The van der Waals surface area contributed by atoms with Gasteiger partial charge in [-0.15, -0.1) is 0 Å². The number of para-hydroxylation sites is 1. The Morgan fingerprint density at radius 3 is 2.71 bits per heavy atom. The summed E-state index contributed by atoms with van der Waals surface area (Å²) in [5, 5.41) is 3.81. The number of aromatic nitrogens is 2. The third kappa shape index (κ3) is 2.87. The lowest BCUT2D eigenvalue weighted by Crippen LogP contribution is -2.37. The predicted octanol–water partition coefficient (Wildman–Crippen LogP) is 1.84. The second kappa shape index (κ2) is 5.61. The molecule has 2 unspecified atom stereocenters. The van der Waals surface area contributed by atoms with Crippen molar-refractivity contribution >= 4 is 9.84 Å². The maximum Gasteiger partial charge on any atom is 0.155 e. The zero-order valence-corrected chi connectivity index (χ0v) is 12.5. The summed E-state index contributed by atoms with van der Waals surface area (Å²) in [4.78, 5) is 0. The first-order valence-corrected chi connectivity index (χ1v) is 8.86. The standard InChI is InChI=1S/C15H19N3O2S/c16-15(14-8-4-5-9-21(14,19)20)12-10-17-18(11-12)13-6-2-1-3-7-13/h1-3,6-7,10-11,14-15H,4-5,8-9,16H2. The highest BCUT2D eigenvalue weighted by molar-refractivity contribution is 7.92. The van der Waals surface area contributed by atoms with Crippen LogP contribution in [0.15, 0.2) is 42.7 Å². The molecule has 2 aromatic rings. The summed E-state index contributed by atoms with van der Waals surface area (Å²) in [7, 11) is -3.09.